The van der Waals surface area contributed by atoms with Crippen LogP contribution in [0.15, 0.2) is 121 Å². The van der Waals surface area contributed by atoms with Gasteiger partial charge in [0.05, 0.1) is 0 Å². The van der Waals surface area contributed by atoms with Crippen LogP contribution in [-0.4, -0.2) is 16.6 Å². The molecule has 0 spiro atoms. The van der Waals surface area contributed by atoms with Crippen molar-refractivity contribution in [1.82, 2.24) is 0 Å². The van der Waals surface area contributed by atoms with E-state index in [4.69, 9.17) is 4.12 Å². The molecule has 0 radical (unpaired) electrons. The standard InChI is InChI=1S/C32H38OSi2.Li.H/c1-3-5-27-34(29-19-11-7-12-20-29,30-21-13-8-14-22-30)33-35(28-6-4-2,31-23-15-9-16-24-31)32-25-17-10-18-26-32;;/h7-26H,3-6,27-28H2,1-2H3;;/q;+1;-1. The van der Waals surface area contributed by atoms with Crippen molar-refractivity contribution >= 4 is 37.4 Å². The Balaban J connectivity index is 0.00000241. The first-order valence-corrected chi connectivity index (χ1v) is 17.4. The van der Waals surface area contributed by atoms with Gasteiger partial charge in [0, 0.05) is 0 Å². The SMILES string of the molecule is CCCC[Si](O[Si](CCCC)(c1ccccc1)c1ccccc1)(c1ccccc1)c1ccccc1.[H-].[Li+]. The molecule has 0 atom stereocenters. The van der Waals surface area contributed by atoms with Gasteiger partial charge in [-0.15, -0.1) is 0 Å². The van der Waals surface area contributed by atoms with Gasteiger partial charge in [0.15, 0.2) is 0 Å². The average molecular weight is 503 g/mol. The predicted octanol–water partition coefficient (Wildman–Crippen LogP) is 3.24. The van der Waals surface area contributed by atoms with Gasteiger partial charge in [-0.25, -0.2) is 0 Å². The molecule has 0 unspecified atom stereocenters. The van der Waals surface area contributed by atoms with Crippen molar-refractivity contribution in [3.8, 4) is 0 Å². The molecule has 0 bridgehead atoms. The van der Waals surface area contributed by atoms with Gasteiger partial charge >= 0.3 is 18.9 Å². The fourth-order valence-corrected chi connectivity index (χ4v) is 16.8. The maximum atomic E-state index is 8.05. The van der Waals surface area contributed by atoms with Crippen molar-refractivity contribution in [3.05, 3.63) is 121 Å². The zero-order valence-electron chi connectivity index (χ0n) is 23.2. The largest absolute Gasteiger partial charge is 1.00 e. The van der Waals surface area contributed by atoms with Crippen molar-refractivity contribution in [3.63, 3.8) is 0 Å². The van der Waals surface area contributed by atoms with E-state index >= 15 is 0 Å². The number of hydrogen-bond donors (Lipinski definition) is 0. The van der Waals surface area contributed by atoms with Crippen LogP contribution in [0.5, 0.6) is 0 Å². The molecule has 4 heteroatoms. The molecular formula is C32H39LiOSi2. The minimum Gasteiger partial charge on any atom is -1.00 e. The zero-order valence-corrected chi connectivity index (χ0v) is 24.2. The fourth-order valence-electron chi connectivity index (χ4n) is 5.23. The van der Waals surface area contributed by atoms with E-state index in [9.17, 15) is 0 Å². The molecule has 0 aliphatic heterocycles. The van der Waals surface area contributed by atoms with Gasteiger partial charge < -0.3 is 5.54 Å². The molecule has 0 aliphatic rings. The molecule has 0 saturated heterocycles. The van der Waals surface area contributed by atoms with Gasteiger partial charge in [0.1, 0.15) is 0 Å². The molecule has 0 fully saturated rings. The first-order chi connectivity index (χ1) is 17.2. The molecular weight excluding hydrogens is 463 g/mol. The molecule has 0 amide bonds. The Hall–Kier alpha value is -2.13. The summed E-state index contributed by atoms with van der Waals surface area (Å²) in [5.41, 5.74) is 0. The smallest absolute Gasteiger partial charge is 1.00 e. The summed E-state index contributed by atoms with van der Waals surface area (Å²) in [6, 6.07) is 46.8. The van der Waals surface area contributed by atoms with Gasteiger partial charge in [-0.05, 0) is 32.8 Å². The summed E-state index contributed by atoms with van der Waals surface area (Å²) in [6.07, 6.45) is 4.66. The number of rotatable bonds is 12. The quantitative estimate of drug-likeness (QED) is 0.270. The zero-order chi connectivity index (χ0) is 24.4. The summed E-state index contributed by atoms with van der Waals surface area (Å²) in [5, 5.41) is 5.56. The molecule has 0 aromatic heterocycles. The van der Waals surface area contributed by atoms with Crippen LogP contribution in [0, 0.1) is 0 Å². The maximum absolute atomic E-state index is 8.05. The Morgan fingerprint density at radius 2 is 0.722 bits per heavy atom. The van der Waals surface area contributed by atoms with Gasteiger partial charge in [0.2, 0.25) is 16.6 Å². The Morgan fingerprint density at radius 1 is 0.472 bits per heavy atom. The Kier molecular flexibility index (Phi) is 11.0. The molecule has 4 rings (SSSR count). The van der Waals surface area contributed by atoms with Crippen LogP contribution in [0.2, 0.25) is 12.1 Å². The van der Waals surface area contributed by atoms with E-state index in [0.29, 0.717) is 0 Å². The van der Waals surface area contributed by atoms with Crippen molar-refractivity contribution in [2.45, 2.75) is 51.6 Å². The molecule has 4 aromatic rings. The average Bonchev–Trinajstić information content (AvgIpc) is 2.95. The number of benzene rings is 4. The van der Waals surface area contributed by atoms with Crippen molar-refractivity contribution in [1.29, 1.82) is 0 Å². The van der Waals surface area contributed by atoms with Crippen LogP contribution in [0.1, 0.15) is 41.0 Å². The summed E-state index contributed by atoms with van der Waals surface area (Å²) in [4.78, 5) is 0. The number of hydrogen-bond acceptors (Lipinski definition) is 1. The fraction of sp³-hybridized carbons (Fsp3) is 0.250. The van der Waals surface area contributed by atoms with E-state index in [1.165, 1.54) is 20.7 Å². The van der Waals surface area contributed by atoms with E-state index in [2.05, 4.69) is 135 Å². The molecule has 0 aliphatic carbocycles. The minimum atomic E-state index is -2.56. The van der Waals surface area contributed by atoms with E-state index in [1.807, 2.05) is 0 Å². The van der Waals surface area contributed by atoms with Crippen LogP contribution < -0.4 is 39.6 Å². The van der Waals surface area contributed by atoms with Crippen LogP contribution in [0.3, 0.4) is 0 Å². The summed E-state index contributed by atoms with van der Waals surface area (Å²) in [5.74, 6) is 0. The normalized spacial score (nSPS) is 11.6. The first kappa shape index (κ1) is 28.4. The van der Waals surface area contributed by atoms with E-state index in [1.54, 1.807) is 0 Å². The third-order valence-electron chi connectivity index (χ3n) is 7.07. The second kappa shape index (κ2) is 14.0. The second-order valence-corrected chi connectivity index (χ2v) is 16.9. The summed E-state index contributed by atoms with van der Waals surface area (Å²) in [6.45, 7) is 4.59. The molecule has 4 aromatic carbocycles. The van der Waals surface area contributed by atoms with Gasteiger partial charge in [-0.2, -0.15) is 0 Å². The Labute approximate surface area is 233 Å². The molecule has 0 N–H and O–H groups in total. The minimum absolute atomic E-state index is 0. The molecule has 182 valence electrons. The third kappa shape index (κ3) is 6.22. The second-order valence-electron chi connectivity index (χ2n) is 9.43. The molecule has 1 nitrogen and oxygen atoms in total. The predicted molar refractivity (Wildman–Crippen MR) is 157 cm³/mol. The van der Waals surface area contributed by atoms with Gasteiger partial charge in [0.25, 0.3) is 0 Å². The van der Waals surface area contributed by atoms with Crippen LogP contribution in [-0.2, 0) is 4.12 Å². The van der Waals surface area contributed by atoms with Crippen LogP contribution >= 0.6 is 0 Å². The monoisotopic (exact) mass is 502 g/mol. The summed E-state index contributed by atoms with van der Waals surface area (Å²) >= 11 is 0. The Bertz CT molecular complexity index is 973. The number of unbranched alkanes of at least 4 members (excludes halogenated alkanes) is 2. The topological polar surface area (TPSA) is 9.23 Å². The van der Waals surface area contributed by atoms with Crippen LogP contribution in [0.25, 0.3) is 0 Å². The summed E-state index contributed by atoms with van der Waals surface area (Å²) < 4.78 is 8.05. The van der Waals surface area contributed by atoms with Gasteiger partial charge in [-0.1, -0.05) is 161 Å². The third-order valence-corrected chi connectivity index (χ3v) is 17.0. The van der Waals surface area contributed by atoms with Crippen molar-refractivity contribution in [2.24, 2.45) is 0 Å². The van der Waals surface area contributed by atoms with Crippen molar-refractivity contribution in [2.75, 3.05) is 0 Å². The molecule has 0 heterocycles. The van der Waals surface area contributed by atoms with Gasteiger partial charge in [-0.3, -0.25) is 0 Å². The van der Waals surface area contributed by atoms with E-state index < -0.39 is 16.6 Å². The van der Waals surface area contributed by atoms with Crippen LogP contribution in [0.4, 0.5) is 0 Å². The summed E-state index contributed by atoms with van der Waals surface area (Å²) in [7, 11) is -5.12. The maximum Gasteiger partial charge on any atom is 1.00 e. The van der Waals surface area contributed by atoms with E-state index in [-0.39, 0.29) is 20.3 Å². The van der Waals surface area contributed by atoms with Crippen molar-refractivity contribution < 1.29 is 24.4 Å². The first-order valence-electron chi connectivity index (χ1n) is 13.2. The van der Waals surface area contributed by atoms with E-state index in [0.717, 1.165) is 37.8 Å². The Morgan fingerprint density at radius 3 is 0.944 bits per heavy atom. The molecule has 36 heavy (non-hydrogen) atoms. The molecule has 0 saturated carbocycles.